The van der Waals surface area contributed by atoms with Crippen molar-refractivity contribution in [2.75, 3.05) is 19.7 Å². The predicted octanol–water partition coefficient (Wildman–Crippen LogP) is 3.59. The number of hydrogen-bond acceptors (Lipinski definition) is 3. The van der Waals surface area contributed by atoms with Crippen LogP contribution in [-0.4, -0.2) is 40.3 Å². The first-order chi connectivity index (χ1) is 11.0. The minimum atomic E-state index is -0.259. The van der Waals surface area contributed by atoms with E-state index >= 15 is 0 Å². The standard InChI is InChI=1S/C15H14Cl3N3O2/c1-20-7-12(18)14(19-20)15(22)21-4-5-23-13(8-21)9-2-3-10(16)11(17)6-9/h2-3,6-7,13H,4-5,8H2,1H3/t13-/m0/s1. The Morgan fingerprint density at radius 2 is 2.04 bits per heavy atom. The summed E-state index contributed by atoms with van der Waals surface area (Å²) in [6.07, 6.45) is 1.34. The summed E-state index contributed by atoms with van der Waals surface area (Å²) in [6, 6.07) is 5.33. The van der Waals surface area contributed by atoms with Crippen molar-refractivity contribution in [1.82, 2.24) is 14.7 Å². The van der Waals surface area contributed by atoms with Crippen LogP contribution in [0.15, 0.2) is 24.4 Å². The summed E-state index contributed by atoms with van der Waals surface area (Å²) in [6.45, 7) is 1.33. The first-order valence-electron chi connectivity index (χ1n) is 7.00. The minimum Gasteiger partial charge on any atom is -0.370 e. The first-order valence-corrected chi connectivity index (χ1v) is 8.14. The zero-order chi connectivity index (χ0) is 16.6. The third kappa shape index (κ3) is 3.48. The fraction of sp³-hybridized carbons (Fsp3) is 0.333. The Bertz CT molecular complexity index is 748. The van der Waals surface area contributed by atoms with Crippen LogP contribution >= 0.6 is 34.8 Å². The molecule has 3 rings (SSSR count). The fourth-order valence-corrected chi connectivity index (χ4v) is 3.07. The molecule has 1 atom stereocenters. The first kappa shape index (κ1) is 16.6. The molecule has 0 unspecified atom stereocenters. The van der Waals surface area contributed by atoms with Gasteiger partial charge in [0, 0.05) is 19.8 Å². The van der Waals surface area contributed by atoms with Crippen molar-refractivity contribution in [3.8, 4) is 0 Å². The quantitative estimate of drug-likeness (QED) is 0.807. The van der Waals surface area contributed by atoms with Crippen LogP contribution in [0.25, 0.3) is 0 Å². The van der Waals surface area contributed by atoms with Gasteiger partial charge in [0.05, 0.1) is 28.2 Å². The number of aromatic nitrogens is 2. The van der Waals surface area contributed by atoms with Crippen molar-refractivity contribution in [3.63, 3.8) is 0 Å². The summed E-state index contributed by atoms with van der Waals surface area (Å²) in [5.41, 5.74) is 1.13. The summed E-state index contributed by atoms with van der Waals surface area (Å²) in [5, 5.41) is 5.41. The minimum absolute atomic E-state index is 0.205. The van der Waals surface area contributed by atoms with E-state index in [4.69, 9.17) is 39.5 Å². The lowest BCUT2D eigenvalue weighted by Crippen LogP contribution is -2.42. The van der Waals surface area contributed by atoms with E-state index in [9.17, 15) is 4.79 Å². The Hall–Kier alpha value is -1.27. The summed E-state index contributed by atoms with van der Waals surface area (Å²) < 4.78 is 7.28. The van der Waals surface area contributed by atoms with Gasteiger partial charge in [-0.1, -0.05) is 40.9 Å². The number of amides is 1. The molecular formula is C15H14Cl3N3O2. The smallest absolute Gasteiger partial charge is 0.276 e. The van der Waals surface area contributed by atoms with Gasteiger partial charge in [-0.3, -0.25) is 9.48 Å². The zero-order valence-corrected chi connectivity index (χ0v) is 14.6. The van der Waals surface area contributed by atoms with Gasteiger partial charge < -0.3 is 9.64 Å². The Kier molecular flexibility index (Phi) is 4.82. The lowest BCUT2D eigenvalue weighted by molar-refractivity contribution is -0.0230. The molecule has 0 radical (unpaired) electrons. The number of carbonyl (C=O) groups is 1. The molecule has 0 N–H and O–H groups in total. The predicted molar refractivity (Wildman–Crippen MR) is 89.3 cm³/mol. The molecule has 1 aliphatic rings. The maximum Gasteiger partial charge on any atom is 0.276 e. The number of morpholine rings is 1. The van der Waals surface area contributed by atoms with Crippen LogP contribution in [0.5, 0.6) is 0 Å². The van der Waals surface area contributed by atoms with Gasteiger partial charge in [0.15, 0.2) is 5.69 Å². The number of ether oxygens (including phenoxy) is 1. The normalized spacial score (nSPS) is 18.3. The van der Waals surface area contributed by atoms with Crippen molar-refractivity contribution >= 4 is 40.7 Å². The molecule has 8 heteroatoms. The van der Waals surface area contributed by atoms with Crippen LogP contribution in [-0.2, 0) is 11.8 Å². The molecule has 2 aromatic rings. The lowest BCUT2D eigenvalue weighted by atomic mass is 10.1. The molecule has 1 aromatic carbocycles. The monoisotopic (exact) mass is 373 g/mol. The molecule has 1 aromatic heterocycles. The van der Waals surface area contributed by atoms with Gasteiger partial charge in [0.1, 0.15) is 6.10 Å². The van der Waals surface area contributed by atoms with Crippen molar-refractivity contribution in [3.05, 3.63) is 50.7 Å². The van der Waals surface area contributed by atoms with E-state index in [1.165, 1.54) is 4.68 Å². The van der Waals surface area contributed by atoms with Crippen molar-refractivity contribution < 1.29 is 9.53 Å². The van der Waals surface area contributed by atoms with Crippen LogP contribution < -0.4 is 0 Å². The molecule has 1 fully saturated rings. The van der Waals surface area contributed by atoms with Crippen molar-refractivity contribution in [2.24, 2.45) is 7.05 Å². The molecule has 5 nitrogen and oxygen atoms in total. The Balaban J connectivity index is 1.79. The summed E-state index contributed by atoms with van der Waals surface area (Å²) in [7, 11) is 1.72. The van der Waals surface area contributed by atoms with Crippen molar-refractivity contribution in [1.29, 1.82) is 0 Å². The SMILES string of the molecule is Cn1cc(Cl)c(C(=O)N2CCO[C@H](c3ccc(Cl)c(Cl)c3)C2)n1. The number of aryl methyl sites for hydroxylation is 1. The van der Waals surface area contributed by atoms with E-state index in [1.54, 1.807) is 30.3 Å². The highest BCUT2D eigenvalue weighted by Crippen LogP contribution is 2.29. The molecule has 0 spiro atoms. The van der Waals surface area contributed by atoms with Crippen LogP contribution in [0.2, 0.25) is 15.1 Å². The van der Waals surface area contributed by atoms with E-state index in [-0.39, 0.29) is 17.7 Å². The molecule has 2 heterocycles. The second kappa shape index (κ2) is 6.69. The molecule has 1 aliphatic heterocycles. The fourth-order valence-electron chi connectivity index (χ4n) is 2.50. The van der Waals surface area contributed by atoms with Crippen LogP contribution in [0.3, 0.4) is 0 Å². The average molecular weight is 375 g/mol. The Labute approximate surface area is 148 Å². The highest BCUT2D eigenvalue weighted by atomic mass is 35.5. The van der Waals surface area contributed by atoms with Gasteiger partial charge in [-0.05, 0) is 17.7 Å². The average Bonchev–Trinajstić information content (AvgIpc) is 2.88. The second-order valence-corrected chi connectivity index (χ2v) is 6.51. The van der Waals surface area contributed by atoms with Gasteiger partial charge in [0.25, 0.3) is 5.91 Å². The molecule has 0 bridgehead atoms. The number of hydrogen-bond donors (Lipinski definition) is 0. The third-order valence-corrected chi connectivity index (χ3v) is 4.67. The molecule has 1 saturated heterocycles. The highest BCUT2D eigenvalue weighted by Gasteiger charge is 2.29. The van der Waals surface area contributed by atoms with Crippen molar-refractivity contribution in [2.45, 2.75) is 6.10 Å². The molecule has 0 aliphatic carbocycles. The second-order valence-electron chi connectivity index (χ2n) is 5.28. The third-order valence-electron chi connectivity index (χ3n) is 3.66. The van der Waals surface area contributed by atoms with E-state index < -0.39 is 0 Å². The van der Waals surface area contributed by atoms with E-state index in [0.717, 1.165) is 5.56 Å². The molecule has 122 valence electrons. The number of nitrogens with zero attached hydrogens (tertiary/aromatic N) is 3. The largest absolute Gasteiger partial charge is 0.370 e. The number of benzene rings is 1. The molecule has 1 amide bonds. The maximum atomic E-state index is 12.6. The Morgan fingerprint density at radius 1 is 1.26 bits per heavy atom. The van der Waals surface area contributed by atoms with Crippen LogP contribution in [0.1, 0.15) is 22.2 Å². The van der Waals surface area contributed by atoms with Crippen LogP contribution in [0.4, 0.5) is 0 Å². The summed E-state index contributed by atoms with van der Waals surface area (Å²) in [5.74, 6) is -0.205. The van der Waals surface area contributed by atoms with Gasteiger partial charge >= 0.3 is 0 Å². The highest BCUT2D eigenvalue weighted by molar-refractivity contribution is 6.42. The summed E-state index contributed by atoms with van der Waals surface area (Å²) >= 11 is 18.0. The number of rotatable bonds is 2. The maximum absolute atomic E-state index is 12.6. The number of halogens is 3. The zero-order valence-electron chi connectivity index (χ0n) is 12.3. The molecule has 0 saturated carbocycles. The van der Waals surface area contributed by atoms with E-state index in [2.05, 4.69) is 5.10 Å². The lowest BCUT2D eigenvalue weighted by Gasteiger charge is -2.33. The summed E-state index contributed by atoms with van der Waals surface area (Å²) in [4.78, 5) is 14.3. The van der Waals surface area contributed by atoms with Gasteiger partial charge in [-0.2, -0.15) is 5.10 Å². The molecular weight excluding hydrogens is 361 g/mol. The van der Waals surface area contributed by atoms with E-state index in [1.807, 2.05) is 6.07 Å². The molecule has 23 heavy (non-hydrogen) atoms. The topological polar surface area (TPSA) is 47.4 Å². The van der Waals surface area contributed by atoms with Gasteiger partial charge in [-0.25, -0.2) is 0 Å². The Morgan fingerprint density at radius 3 is 2.70 bits per heavy atom. The van der Waals surface area contributed by atoms with E-state index in [0.29, 0.717) is 34.8 Å². The number of carbonyl (C=O) groups excluding carboxylic acids is 1. The van der Waals surface area contributed by atoms with Gasteiger partial charge in [0.2, 0.25) is 0 Å². The van der Waals surface area contributed by atoms with Gasteiger partial charge in [-0.15, -0.1) is 0 Å². The van der Waals surface area contributed by atoms with Crippen LogP contribution in [0, 0.1) is 0 Å².